The molecule has 92 valence electrons. The number of nitro groups is 2. The summed E-state index contributed by atoms with van der Waals surface area (Å²) in [5.41, 5.74) is -0.150. The number of rotatable bonds is 4. The zero-order valence-corrected chi connectivity index (χ0v) is 10.3. The summed E-state index contributed by atoms with van der Waals surface area (Å²) < 4.78 is -2.45. The van der Waals surface area contributed by atoms with E-state index in [1.807, 2.05) is 0 Å². The molecule has 9 heteroatoms. The predicted octanol–water partition coefficient (Wildman–Crippen LogP) is 3.28. The highest BCUT2D eigenvalue weighted by Crippen LogP contribution is 2.41. The molecule has 0 fully saturated rings. The first kappa shape index (κ1) is 14.0. The molecule has 6 nitrogen and oxygen atoms in total. The van der Waals surface area contributed by atoms with Gasteiger partial charge in [0.25, 0.3) is 5.69 Å². The number of benzene rings is 1. The lowest BCUT2D eigenvalue weighted by Crippen LogP contribution is -2.29. The van der Waals surface area contributed by atoms with Crippen LogP contribution < -0.4 is 0 Å². The van der Waals surface area contributed by atoms with Gasteiger partial charge in [0.15, 0.2) is 5.38 Å². The number of alkyl halides is 3. The van der Waals surface area contributed by atoms with Crippen LogP contribution in [0.4, 0.5) is 5.69 Å². The smallest absolute Gasteiger partial charge is 0.261 e. The molecule has 0 spiro atoms. The van der Waals surface area contributed by atoms with Crippen LogP contribution in [0.25, 0.3) is 0 Å². The quantitative estimate of drug-likeness (QED) is 0.369. The third-order valence-corrected chi connectivity index (χ3v) is 3.43. The van der Waals surface area contributed by atoms with Crippen LogP contribution in [0.15, 0.2) is 24.3 Å². The number of hydrogen-bond acceptors (Lipinski definition) is 4. The second-order valence-corrected chi connectivity index (χ2v) is 4.84. The molecule has 0 saturated carbocycles. The Hall–Kier alpha value is -1.11. The zero-order valence-electron chi connectivity index (χ0n) is 8.05. The van der Waals surface area contributed by atoms with E-state index in [9.17, 15) is 20.2 Å². The lowest BCUT2D eigenvalue weighted by atomic mass is 10.1. The largest absolute Gasteiger partial charge is 0.390 e. The number of nitro benzene ring substituents is 1. The van der Waals surface area contributed by atoms with Gasteiger partial charge in [-0.2, -0.15) is 0 Å². The van der Waals surface area contributed by atoms with Gasteiger partial charge in [0.05, 0.1) is 9.85 Å². The molecule has 0 bridgehead atoms. The van der Waals surface area contributed by atoms with Gasteiger partial charge in [-0.15, -0.1) is 11.6 Å². The average Bonchev–Trinajstić information content (AvgIpc) is 2.27. The van der Waals surface area contributed by atoms with E-state index in [0.717, 1.165) is 6.07 Å². The topological polar surface area (TPSA) is 86.3 Å². The zero-order chi connectivity index (χ0) is 13.2. The van der Waals surface area contributed by atoms with Gasteiger partial charge in [0.1, 0.15) is 0 Å². The van der Waals surface area contributed by atoms with Crippen LogP contribution in [-0.4, -0.2) is 14.3 Å². The first-order valence-corrected chi connectivity index (χ1v) is 5.36. The van der Waals surface area contributed by atoms with Crippen molar-refractivity contribution in [3.8, 4) is 0 Å². The van der Waals surface area contributed by atoms with E-state index in [1.165, 1.54) is 18.2 Å². The van der Waals surface area contributed by atoms with Crippen LogP contribution in [0.1, 0.15) is 10.9 Å². The van der Waals surface area contributed by atoms with Crippen LogP contribution in [0, 0.1) is 20.2 Å². The Morgan fingerprint density at radius 3 is 2.29 bits per heavy atom. The molecule has 0 aliphatic carbocycles. The van der Waals surface area contributed by atoms with Crippen LogP contribution in [0.5, 0.6) is 0 Å². The van der Waals surface area contributed by atoms with Gasteiger partial charge in [0.2, 0.25) is 0 Å². The first-order chi connectivity index (χ1) is 7.76. The number of halogens is 3. The van der Waals surface area contributed by atoms with Gasteiger partial charge in [-0.25, -0.2) is 0 Å². The highest BCUT2D eigenvalue weighted by molar-refractivity contribution is 6.50. The van der Waals surface area contributed by atoms with Crippen molar-refractivity contribution in [3.05, 3.63) is 50.1 Å². The summed E-state index contributed by atoms with van der Waals surface area (Å²) in [6.07, 6.45) is 0. The van der Waals surface area contributed by atoms with Crippen molar-refractivity contribution in [3.63, 3.8) is 0 Å². The standard InChI is InChI=1S/C8H5Cl3N2O4/c9-7(8(10,11)13(16)17)5-2-1-3-6(4-5)12(14)15/h1-4,7H. The fraction of sp³-hybridized carbons (Fsp3) is 0.250. The first-order valence-electron chi connectivity index (χ1n) is 4.17. The van der Waals surface area contributed by atoms with Gasteiger partial charge >= 0.3 is 4.46 Å². The molecular weight excluding hydrogens is 294 g/mol. The molecular formula is C8H5Cl3N2O4. The molecule has 1 unspecified atom stereocenters. The Balaban J connectivity index is 3.13. The van der Waals surface area contributed by atoms with E-state index in [2.05, 4.69) is 0 Å². The summed E-state index contributed by atoms with van der Waals surface area (Å²) in [6.45, 7) is 0. The second kappa shape index (κ2) is 5.03. The molecule has 0 saturated heterocycles. The maximum absolute atomic E-state index is 10.6. The summed E-state index contributed by atoms with van der Waals surface area (Å²) in [6, 6.07) is 5.02. The lowest BCUT2D eigenvalue weighted by Gasteiger charge is -2.16. The van der Waals surface area contributed by atoms with Crippen molar-refractivity contribution in [1.29, 1.82) is 0 Å². The molecule has 0 N–H and O–H groups in total. The lowest BCUT2D eigenvalue weighted by molar-refractivity contribution is -0.516. The average molecular weight is 299 g/mol. The van der Waals surface area contributed by atoms with E-state index in [0.29, 0.717) is 0 Å². The Labute approximate surface area is 110 Å². The monoisotopic (exact) mass is 298 g/mol. The Morgan fingerprint density at radius 2 is 1.82 bits per heavy atom. The maximum atomic E-state index is 10.6. The maximum Gasteiger partial charge on any atom is 0.390 e. The van der Waals surface area contributed by atoms with E-state index < -0.39 is 19.7 Å². The van der Waals surface area contributed by atoms with Gasteiger partial charge in [-0.05, 0) is 28.8 Å². The molecule has 1 aromatic rings. The molecule has 0 amide bonds. The third-order valence-electron chi connectivity index (χ3n) is 1.92. The van der Waals surface area contributed by atoms with Crippen molar-refractivity contribution in [2.24, 2.45) is 0 Å². The van der Waals surface area contributed by atoms with Gasteiger partial charge in [-0.3, -0.25) is 20.2 Å². The number of hydrogen-bond donors (Lipinski definition) is 0. The van der Waals surface area contributed by atoms with Gasteiger partial charge in [0, 0.05) is 12.1 Å². The normalized spacial score (nSPS) is 13.1. The molecule has 1 aromatic carbocycles. The predicted molar refractivity (Wildman–Crippen MR) is 63.1 cm³/mol. The Kier molecular flexibility index (Phi) is 4.13. The molecule has 1 atom stereocenters. The molecule has 0 aliphatic rings. The second-order valence-electron chi connectivity index (χ2n) is 3.06. The summed E-state index contributed by atoms with van der Waals surface area (Å²) in [5.74, 6) is 0. The minimum Gasteiger partial charge on any atom is -0.261 e. The number of nitrogens with zero attached hydrogens (tertiary/aromatic N) is 2. The van der Waals surface area contributed by atoms with Crippen molar-refractivity contribution in [2.45, 2.75) is 9.83 Å². The highest BCUT2D eigenvalue weighted by Gasteiger charge is 2.47. The summed E-state index contributed by atoms with van der Waals surface area (Å²) >= 11 is 16.6. The number of non-ortho nitro benzene ring substituents is 1. The molecule has 1 rings (SSSR count). The highest BCUT2D eigenvalue weighted by atomic mass is 35.5. The van der Waals surface area contributed by atoms with E-state index in [-0.39, 0.29) is 11.3 Å². The van der Waals surface area contributed by atoms with Crippen molar-refractivity contribution >= 4 is 40.5 Å². The van der Waals surface area contributed by atoms with Crippen molar-refractivity contribution < 1.29 is 9.85 Å². The van der Waals surface area contributed by atoms with Crippen molar-refractivity contribution in [1.82, 2.24) is 0 Å². The molecule has 0 aromatic heterocycles. The van der Waals surface area contributed by atoms with E-state index >= 15 is 0 Å². The molecule has 0 radical (unpaired) electrons. The molecule has 17 heavy (non-hydrogen) atoms. The summed E-state index contributed by atoms with van der Waals surface area (Å²) in [7, 11) is 0. The molecule has 0 aliphatic heterocycles. The van der Waals surface area contributed by atoms with Gasteiger partial charge < -0.3 is 0 Å². The third kappa shape index (κ3) is 2.96. The minimum atomic E-state index is -2.45. The minimum absolute atomic E-state index is 0.0996. The van der Waals surface area contributed by atoms with Crippen molar-refractivity contribution in [2.75, 3.05) is 0 Å². The van der Waals surface area contributed by atoms with Crippen LogP contribution in [-0.2, 0) is 0 Å². The Bertz CT molecular complexity index is 466. The fourth-order valence-electron chi connectivity index (χ4n) is 1.09. The SMILES string of the molecule is O=[N+]([O-])c1cccc(C(Cl)C(Cl)(Cl)[N+](=O)[O-])c1. The van der Waals surface area contributed by atoms with Gasteiger partial charge in [-0.1, -0.05) is 12.1 Å². The van der Waals surface area contributed by atoms with Crippen LogP contribution in [0.2, 0.25) is 0 Å². The van der Waals surface area contributed by atoms with E-state index in [1.54, 1.807) is 0 Å². The Morgan fingerprint density at radius 1 is 1.24 bits per heavy atom. The summed E-state index contributed by atoms with van der Waals surface area (Å²) in [4.78, 5) is 19.5. The van der Waals surface area contributed by atoms with E-state index in [4.69, 9.17) is 34.8 Å². The van der Waals surface area contributed by atoms with Crippen LogP contribution >= 0.6 is 34.8 Å². The summed E-state index contributed by atoms with van der Waals surface area (Å²) in [5, 5.41) is 19.7. The van der Waals surface area contributed by atoms with Crippen LogP contribution in [0.3, 0.4) is 0 Å². The molecule has 0 heterocycles. The fourth-order valence-corrected chi connectivity index (χ4v) is 1.56.